The van der Waals surface area contributed by atoms with Crippen molar-refractivity contribution in [2.45, 2.75) is 32.7 Å². The minimum Gasteiger partial charge on any atom is -0.444 e. The number of nitrogens with zero attached hydrogens (tertiary/aromatic N) is 2. The van der Waals surface area contributed by atoms with Gasteiger partial charge >= 0.3 is 12.5 Å². The van der Waals surface area contributed by atoms with Gasteiger partial charge in [0.25, 0.3) is 0 Å². The maximum atomic E-state index is 12.2. The lowest BCUT2D eigenvalue weighted by molar-refractivity contribution is -0.274. The number of carbonyl (C=O) groups excluding carboxylic acids is 1. The molecule has 0 saturated heterocycles. The third-order valence-electron chi connectivity index (χ3n) is 2.71. The molecule has 2 aromatic rings. The van der Waals surface area contributed by atoms with Gasteiger partial charge in [-0.05, 0) is 45.0 Å². The van der Waals surface area contributed by atoms with Crippen LogP contribution in [-0.2, 0) is 4.74 Å². The van der Waals surface area contributed by atoms with Crippen molar-refractivity contribution < 1.29 is 27.4 Å². The van der Waals surface area contributed by atoms with E-state index in [0.717, 1.165) is 12.1 Å². The third kappa shape index (κ3) is 5.94. The number of benzene rings is 1. The predicted octanol–water partition coefficient (Wildman–Crippen LogP) is 4.39. The molecule has 0 atom stereocenters. The number of anilines is 1. The van der Waals surface area contributed by atoms with E-state index in [9.17, 15) is 18.0 Å². The van der Waals surface area contributed by atoms with E-state index in [2.05, 4.69) is 20.0 Å². The molecule has 0 aliphatic rings. The molecular formula is C16H16F3N3O3. The Morgan fingerprint density at radius 2 is 1.76 bits per heavy atom. The Morgan fingerprint density at radius 1 is 1.12 bits per heavy atom. The van der Waals surface area contributed by atoms with Gasteiger partial charge in [-0.2, -0.15) is 0 Å². The first-order valence-corrected chi connectivity index (χ1v) is 7.20. The monoisotopic (exact) mass is 355 g/mol. The summed E-state index contributed by atoms with van der Waals surface area (Å²) < 4.78 is 45.6. The molecule has 0 saturated carbocycles. The van der Waals surface area contributed by atoms with Gasteiger partial charge in [0.2, 0.25) is 0 Å². The molecule has 6 nitrogen and oxygen atoms in total. The number of alkyl halides is 3. The van der Waals surface area contributed by atoms with E-state index in [-0.39, 0.29) is 11.4 Å². The molecule has 0 aliphatic heterocycles. The van der Waals surface area contributed by atoms with Crippen LogP contribution in [0.15, 0.2) is 36.8 Å². The standard InChI is InChI=1S/C16H16F3N3O3/c1-15(2,3)25-14(23)22-12-8-20-9-21-13(12)10-4-6-11(7-5-10)24-16(17,18)19/h4-9H,1-3H3,(H,22,23). The number of carbonyl (C=O) groups is 1. The second-order valence-corrected chi connectivity index (χ2v) is 5.98. The van der Waals surface area contributed by atoms with Crippen LogP contribution in [0.4, 0.5) is 23.7 Å². The maximum absolute atomic E-state index is 12.2. The summed E-state index contributed by atoms with van der Waals surface area (Å²) in [5.41, 5.74) is 0.389. The first-order chi connectivity index (χ1) is 11.5. The van der Waals surface area contributed by atoms with Gasteiger partial charge in [0.1, 0.15) is 17.7 Å². The summed E-state index contributed by atoms with van der Waals surface area (Å²) in [5, 5.41) is 2.52. The van der Waals surface area contributed by atoms with E-state index in [0.29, 0.717) is 11.3 Å². The highest BCUT2D eigenvalue weighted by atomic mass is 19.4. The van der Waals surface area contributed by atoms with E-state index in [1.807, 2.05) is 0 Å². The van der Waals surface area contributed by atoms with Gasteiger partial charge in [0.05, 0.1) is 17.6 Å². The highest BCUT2D eigenvalue weighted by Crippen LogP contribution is 2.29. The number of hydrogen-bond acceptors (Lipinski definition) is 5. The highest BCUT2D eigenvalue weighted by Gasteiger charge is 2.31. The second-order valence-electron chi connectivity index (χ2n) is 5.98. The summed E-state index contributed by atoms with van der Waals surface area (Å²) in [4.78, 5) is 19.8. The minimum absolute atomic E-state index is 0.265. The molecule has 0 fully saturated rings. The Morgan fingerprint density at radius 3 is 2.32 bits per heavy atom. The van der Waals surface area contributed by atoms with Gasteiger partial charge in [-0.3, -0.25) is 5.32 Å². The predicted molar refractivity (Wildman–Crippen MR) is 84.0 cm³/mol. The fraction of sp³-hybridized carbons (Fsp3) is 0.312. The molecule has 1 N–H and O–H groups in total. The molecule has 1 aromatic heterocycles. The lowest BCUT2D eigenvalue weighted by Gasteiger charge is -2.20. The molecule has 1 amide bonds. The molecule has 0 bridgehead atoms. The van der Waals surface area contributed by atoms with Crippen molar-refractivity contribution in [3.8, 4) is 17.0 Å². The number of ether oxygens (including phenoxy) is 2. The molecule has 134 valence electrons. The molecule has 1 aromatic carbocycles. The van der Waals surface area contributed by atoms with Crippen LogP contribution in [-0.4, -0.2) is 28.0 Å². The zero-order chi connectivity index (χ0) is 18.7. The molecule has 2 rings (SSSR count). The zero-order valence-electron chi connectivity index (χ0n) is 13.7. The Hall–Kier alpha value is -2.84. The van der Waals surface area contributed by atoms with Crippen molar-refractivity contribution in [3.05, 3.63) is 36.8 Å². The molecule has 25 heavy (non-hydrogen) atoms. The van der Waals surface area contributed by atoms with Crippen LogP contribution >= 0.6 is 0 Å². The van der Waals surface area contributed by atoms with Gasteiger partial charge in [-0.25, -0.2) is 14.8 Å². The normalized spacial score (nSPS) is 11.8. The fourth-order valence-corrected chi connectivity index (χ4v) is 1.88. The Bertz CT molecular complexity index is 741. The number of rotatable bonds is 3. The molecule has 0 unspecified atom stereocenters. The summed E-state index contributed by atoms with van der Waals surface area (Å²) in [7, 11) is 0. The molecule has 0 radical (unpaired) electrons. The van der Waals surface area contributed by atoms with Crippen molar-refractivity contribution in [2.24, 2.45) is 0 Å². The van der Waals surface area contributed by atoms with E-state index >= 15 is 0 Å². The number of amides is 1. The summed E-state index contributed by atoms with van der Waals surface area (Å²) >= 11 is 0. The highest BCUT2D eigenvalue weighted by molar-refractivity contribution is 5.90. The molecule has 0 aliphatic carbocycles. The van der Waals surface area contributed by atoms with Gasteiger partial charge in [0, 0.05) is 5.56 Å². The zero-order valence-corrected chi connectivity index (χ0v) is 13.7. The maximum Gasteiger partial charge on any atom is 0.573 e. The van der Waals surface area contributed by atoms with Crippen molar-refractivity contribution in [3.63, 3.8) is 0 Å². The Balaban J connectivity index is 2.21. The van der Waals surface area contributed by atoms with Crippen LogP contribution in [0.25, 0.3) is 11.3 Å². The first-order valence-electron chi connectivity index (χ1n) is 7.20. The van der Waals surface area contributed by atoms with Crippen LogP contribution in [0, 0.1) is 0 Å². The SMILES string of the molecule is CC(C)(C)OC(=O)Nc1cncnc1-c1ccc(OC(F)(F)F)cc1. The van der Waals surface area contributed by atoms with Crippen LogP contribution in [0.3, 0.4) is 0 Å². The van der Waals surface area contributed by atoms with Crippen molar-refractivity contribution >= 4 is 11.8 Å². The molecule has 0 spiro atoms. The topological polar surface area (TPSA) is 73.3 Å². The van der Waals surface area contributed by atoms with Crippen LogP contribution in [0.2, 0.25) is 0 Å². The largest absolute Gasteiger partial charge is 0.573 e. The van der Waals surface area contributed by atoms with Crippen LogP contribution in [0.1, 0.15) is 20.8 Å². The Kier molecular flexibility index (Phi) is 5.15. The van der Waals surface area contributed by atoms with Gasteiger partial charge in [-0.1, -0.05) is 0 Å². The molecule has 1 heterocycles. The third-order valence-corrected chi connectivity index (χ3v) is 2.71. The van der Waals surface area contributed by atoms with E-state index in [4.69, 9.17) is 4.74 Å². The van der Waals surface area contributed by atoms with Gasteiger partial charge < -0.3 is 9.47 Å². The fourth-order valence-electron chi connectivity index (χ4n) is 1.88. The van der Waals surface area contributed by atoms with Gasteiger partial charge in [-0.15, -0.1) is 13.2 Å². The van der Waals surface area contributed by atoms with E-state index < -0.39 is 18.1 Å². The van der Waals surface area contributed by atoms with E-state index in [1.165, 1.54) is 24.7 Å². The number of aromatic nitrogens is 2. The average Bonchev–Trinajstić information content (AvgIpc) is 2.45. The summed E-state index contributed by atoms with van der Waals surface area (Å²) in [6, 6.07) is 5.09. The molecule has 9 heteroatoms. The lowest BCUT2D eigenvalue weighted by atomic mass is 10.1. The summed E-state index contributed by atoms with van der Waals surface area (Å²) in [6.45, 7) is 5.15. The van der Waals surface area contributed by atoms with E-state index in [1.54, 1.807) is 20.8 Å². The summed E-state index contributed by atoms with van der Waals surface area (Å²) in [5.74, 6) is -0.355. The quantitative estimate of drug-likeness (QED) is 0.884. The van der Waals surface area contributed by atoms with Gasteiger partial charge in [0.15, 0.2) is 0 Å². The van der Waals surface area contributed by atoms with Crippen LogP contribution < -0.4 is 10.1 Å². The minimum atomic E-state index is -4.76. The smallest absolute Gasteiger partial charge is 0.444 e. The van der Waals surface area contributed by atoms with Crippen LogP contribution in [0.5, 0.6) is 5.75 Å². The first kappa shape index (κ1) is 18.5. The van der Waals surface area contributed by atoms with Crippen molar-refractivity contribution in [1.29, 1.82) is 0 Å². The van der Waals surface area contributed by atoms with Crippen molar-refractivity contribution in [1.82, 2.24) is 9.97 Å². The lowest BCUT2D eigenvalue weighted by Crippen LogP contribution is -2.27. The second kappa shape index (κ2) is 6.96. The average molecular weight is 355 g/mol. The summed E-state index contributed by atoms with van der Waals surface area (Å²) in [6.07, 6.45) is -2.83. The number of nitrogens with one attached hydrogen (secondary N) is 1. The Labute approximate surface area is 142 Å². The number of hydrogen-bond donors (Lipinski definition) is 1. The molecular weight excluding hydrogens is 339 g/mol. The number of halogens is 3. The van der Waals surface area contributed by atoms with Crippen molar-refractivity contribution in [2.75, 3.05) is 5.32 Å².